The Morgan fingerprint density at radius 2 is 1.67 bits per heavy atom. The van der Waals surface area contributed by atoms with Gasteiger partial charge in [-0.25, -0.2) is 4.79 Å². The molecule has 0 aliphatic carbocycles. The molecule has 0 spiro atoms. The predicted molar refractivity (Wildman–Crippen MR) is 143 cm³/mol. The molecule has 0 bridgehead atoms. The van der Waals surface area contributed by atoms with E-state index in [9.17, 15) is 4.79 Å². The van der Waals surface area contributed by atoms with Gasteiger partial charge in [0, 0.05) is 22.4 Å². The maximum Gasteiger partial charge on any atom is 0.411 e. The first kappa shape index (κ1) is 26.2. The van der Waals surface area contributed by atoms with Crippen molar-refractivity contribution in [1.29, 1.82) is 0 Å². The van der Waals surface area contributed by atoms with Crippen LogP contribution in [0.4, 0.5) is 4.79 Å². The van der Waals surface area contributed by atoms with Crippen molar-refractivity contribution >= 4 is 35.5 Å². The summed E-state index contributed by atoms with van der Waals surface area (Å²) in [6.45, 7) is 24.9. The van der Waals surface area contributed by atoms with Crippen LogP contribution in [0.25, 0.3) is 11.0 Å². The Kier molecular flexibility index (Phi) is 7.14. The van der Waals surface area contributed by atoms with Crippen molar-refractivity contribution in [2.45, 2.75) is 115 Å². The Morgan fingerprint density at radius 3 is 2.18 bits per heavy atom. The number of hydrogen-bond acceptors (Lipinski definition) is 4. The topological polar surface area (TPSA) is 42.7 Å². The van der Waals surface area contributed by atoms with E-state index in [1.807, 2.05) is 25.7 Å². The molecule has 2 aromatic rings. The zero-order valence-electron chi connectivity index (χ0n) is 22.5. The van der Waals surface area contributed by atoms with Crippen molar-refractivity contribution in [1.82, 2.24) is 4.90 Å². The van der Waals surface area contributed by atoms with Gasteiger partial charge in [0.15, 0.2) is 0 Å². The number of amides is 1. The summed E-state index contributed by atoms with van der Waals surface area (Å²) in [7, 11) is -1.64. The minimum absolute atomic E-state index is 0.281. The van der Waals surface area contributed by atoms with Gasteiger partial charge in [0.1, 0.15) is 24.2 Å². The second kappa shape index (κ2) is 8.99. The van der Waals surface area contributed by atoms with Crippen LogP contribution < -0.4 is 0 Å². The molecule has 0 saturated carbocycles. The molecule has 184 valence electrons. The van der Waals surface area contributed by atoms with Crippen LogP contribution in [0, 0.1) is 0 Å². The normalized spacial score (nSPS) is 16.7. The summed E-state index contributed by atoms with van der Waals surface area (Å²) >= 11 is 2.13. The third kappa shape index (κ3) is 4.75. The van der Waals surface area contributed by atoms with Gasteiger partial charge < -0.3 is 9.15 Å². The first-order valence-corrected chi connectivity index (χ1v) is 16.1. The van der Waals surface area contributed by atoms with E-state index in [1.165, 1.54) is 15.8 Å². The van der Waals surface area contributed by atoms with E-state index < -0.39 is 18.4 Å². The van der Waals surface area contributed by atoms with Crippen molar-refractivity contribution < 1.29 is 13.9 Å². The van der Waals surface area contributed by atoms with E-state index in [-0.39, 0.29) is 6.09 Å². The maximum absolute atomic E-state index is 12.9. The van der Waals surface area contributed by atoms with Gasteiger partial charge in [-0.05, 0) is 75.9 Å². The molecule has 1 aliphatic heterocycles. The van der Waals surface area contributed by atoms with E-state index >= 15 is 0 Å². The molecule has 0 saturated heterocycles. The predicted octanol–water partition coefficient (Wildman–Crippen LogP) is 8.73. The summed E-state index contributed by atoms with van der Waals surface area (Å²) in [5, 5.41) is 1.18. The average Bonchev–Trinajstić information content (AvgIpc) is 3.03. The number of ether oxygens (including phenoxy) is 1. The summed E-state index contributed by atoms with van der Waals surface area (Å²) in [4.78, 5) is 16.0. The van der Waals surface area contributed by atoms with Crippen LogP contribution >= 0.6 is 11.2 Å². The van der Waals surface area contributed by atoms with Crippen LogP contribution in [0.15, 0.2) is 27.5 Å². The lowest BCUT2D eigenvalue weighted by atomic mass is 9.89. The quantitative estimate of drug-likeness (QED) is 0.394. The molecule has 1 amide bonds. The molecule has 0 atom stereocenters. The second-order valence-electron chi connectivity index (χ2n) is 11.9. The standard InChI is InChI=1S/C27H43NO3SSi/c1-17(2)33(18(3)4,19(5)6)32-20-12-13-21-22-14-15-28(25(29)31-26(7,8)9)27(10,11)24(22)30-23(21)16-20/h12-13,16-19H,14-15H2,1-11H3. The number of carbonyl (C=O) groups excluding carboxylic acids is 1. The first-order chi connectivity index (χ1) is 15.1. The zero-order chi connectivity index (χ0) is 24.9. The fourth-order valence-electron chi connectivity index (χ4n) is 5.76. The van der Waals surface area contributed by atoms with Crippen molar-refractivity contribution in [3.63, 3.8) is 0 Å². The van der Waals surface area contributed by atoms with E-state index in [1.54, 1.807) is 0 Å². The van der Waals surface area contributed by atoms with Gasteiger partial charge in [-0.3, -0.25) is 4.90 Å². The van der Waals surface area contributed by atoms with Crippen LogP contribution in [0.1, 0.15) is 87.5 Å². The molecular weight excluding hydrogens is 446 g/mol. The van der Waals surface area contributed by atoms with E-state index in [4.69, 9.17) is 9.15 Å². The Bertz CT molecular complexity index is 995. The highest BCUT2D eigenvalue weighted by Crippen LogP contribution is 2.52. The van der Waals surface area contributed by atoms with Crippen LogP contribution in [-0.4, -0.2) is 30.4 Å². The molecule has 4 nitrogen and oxygen atoms in total. The molecular formula is C27H43NO3SSi. The van der Waals surface area contributed by atoms with Gasteiger partial charge in [0.25, 0.3) is 0 Å². The van der Waals surface area contributed by atoms with Gasteiger partial charge in [0.05, 0.1) is 5.54 Å². The first-order valence-electron chi connectivity index (χ1n) is 12.4. The van der Waals surface area contributed by atoms with Crippen molar-refractivity contribution in [2.24, 2.45) is 0 Å². The van der Waals surface area contributed by atoms with E-state index in [0.29, 0.717) is 23.2 Å². The number of nitrogens with zero attached hydrogens (tertiary/aromatic N) is 1. The van der Waals surface area contributed by atoms with Gasteiger partial charge in [-0.15, -0.1) is 0 Å². The summed E-state index contributed by atoms with van der Waals surface area (Å²) in [5.74, 6) is 0.886. The van der Waals surface area contributed by atoms with E-state index in [0.717, 1.165) is 17.8 Å². The summed E-state index contributed by atoms with van der Waals surface area (Å²) in [6.07, 6.45) is 0.497. The van der Waals surface area contributed by atoms with Gasteiger partial charge in [-0.2, -0.15) is 11.2 Å². The average molecular weight is 490 g/mol. The molecule has 6 heteroatoms. The van der Waals surface area contributed by atoms with E-state index in [2.05, 4.69) is 84.8 Å². The lowest BCUT2D eigenvalue weighted by Crippen LogP contribution is -2.51. The fourth-order valence-corrected chi connectivity index (χ4v) is 14.9. The minimum Gasteiger partial charge on any atom is -0.458 e. The molecule has 0 unspecified atom stereocenters. The Hall–Kier alpha value is -1.40. The minimum atomic E-state index is -1.64. The third-order valence-corrected chi connectivity index (χ3v) is 19.5. The highest BCUT2D eigenvalue weighted by Gasteiger charge is 2.45. The van der Waals surface area contributed by atoms with Crippen LogP contribution in [-0.2, 0) is 16.7 Å². The number of benzene rings is 1. The summed E-state index contributed by atoms with van der Waals surface area (Å²) < 4.78 is 12.2. The maximum atomic E-state index is 12.9. The molecule has 1 aromatic heterocycles. The Labute approximate surface area is 205 Å². The molecule has 1 aliphatic rings. The molecule has 0 fully saturated rings. The largest absolute Gasteiger partial charge is 0.458 e. The summed E-state index contributed by atoms with van der Waals surface area (Å²) in [6, 6.07) is 6.76. The lowest BCUT2D eigenvalue weighted by molar-refractivity contribution is -0.00480. The Balaban J connectivity index is 2.00. The SMILES string of the molecule is CC(C)[Si](Sc1ccc2c3c(oc2c1)C(C)(C)N(C(=O)OC(C)(C)C)CC3)(C(C)C)C(C)C. The van der Waals surface area contributed by atoms with Crippen LogP contribution in [0.5, 0.6) is 0 Å². The van der Waals surface area contributed by atoms with Gasteiger partial charge >= 0.3 is 6.09 Å². The smallest absolute Gasteiger partial charge is 0.411 e. The molecule has 0 N–H and O–H groups in total. The van der Waals surface area contributed by atoms with Crippen molar-refractivity contribution in [2.75, 3.05) is 6.54 Å². The van der Waals surface area contributed by atoms with Crippen molar-refractivity contribution in [3.8, 4) is 0 Å². The van der Waals surface area contributed by atoms with Crippen molar-refractivity contribution in [3.05, 3.63) is 29.5 Å². The van der Waals surface area contributed by atoms with Crippen LogP contribution in [0.3, 0.4) is 0 Å². The number of fused-ring (bicyclic) bond motifs is 3. The molecule has 2 heterocycles. The number of carbonyl (C=O) groups is 1. The highest BCUT2D eigenvalue weighted by molar-refractivity contribution is 8.29. The number of hydrogen-bond donors (Lipinski definition) is 0. The second-order valence-corrected chi connectivity index (χ2v) is 20.5. The number of furan rings is 1. The van der Waals surface area contributed by atoms with Gasteiger partial charge in [0.2, 0.25) is 0 Å². The fraction of sp³-hybridized carbons (Fsp3) is 0.667. The Morgan fingerprint density at radius 1 is 1.09 bits per heavy atom. The zero-order valence-corrected chi connectivity index (χ0v) is 24.3. The highest BCUT2D eigenvalue weighted by atomic mass is 32.4. The monoisotopic (exact) mass is 489 g/mol. The molecule has 33 heavy (non-hydrogen) atoms. The lowest BCUT2D eigenvalue weighted by Gasteiger charge is -2.42. The molecule has 1 aromatic carbocycles. The van der Waals surface area contributed by atoms with Gasteiger partial charge in [-0.1, -0.05) is 41.5 Å². The number of rotatable bonds is 5. The van der Waals surface area contributed by atoms with Crippen LogP contribution in [0.2, 0.25) is 16.6 Å². The third-order valence-electron chi connectivity index (χ3n) is 7.20. The molecule has 0 radical (unpaired) electrons. The summed E-state index contributed by atoms with van der Waals surface area (Å²) in [5.41, 5.74) is 3.13. The molecule has 3 rings (SSSR count).